The quantitative estimate of drug-likeness (QED) is 0.892. The van der Waals surface area contributed by atoms with Gasteiger partial charge in [0.25, 0.3) is 0 Å². The summed E-state index contributed by atoms with van der Waals surface area (Å²) in [6.45, 7) is 7.64. The summed E-state index contributed by atoms with van der Waals surface area (Å²) in [5.74, 6) is 0. The first kappa shape index (κ1) is 15.2. The Hall–Kier alpha value is -0.870. The molecule has 3 nitrogen and oxygen atoms in total. The van der Waals surface area contributed by atoms with Crippen molar-refractivity contribution >= 4 is 10.0 Å². The minimum atomic E-state index is -3.43. The smallest absolute Gasteiger partial charge is 0.207 e. The summed E-state index contributed by atoms with van der Waals surface area (Å²) >= 11 is 0. The molecule has 0 heterocycles. The molecule has 1 N–H and O–H groups in total. The van der Waals surface area contributed by atoms with Crippen molar-refractivity contribution in [2.24, 2.45) is 0 Å². The van der Waals surface area contributed by atoms with Crippen molar-refractivity contribution in [3.05, 3.63) is 29.8 Å². The third-order valence-corrected chi connectivity index (χ3v) is 4.36. The second-order valence-corrected chi connectivity index (χ2v) is 7.22. The van der Waals surface area contributed by atoms with Crippen molar-refractivity contribution in [2.45, 2.75) is 57.4 Å². The van der Waals surface area contributed by atoms with Gasteiger partial charge in [-0.1, -0.05) is 31.5 Å². The van der Waals surface area contributed by atoms with Gasteiger partial charge in [-0.05, 0) is 45.2 Å². The van der Waals surface area contributed by atoms with Crippen LogP contribution in [0, 0.1) is 0 Å². The van der Waals surface area contributed by atoms with Crippen molar-refractivity contribution < 1.29 is 8.42 Å². The molecule has 0 amide bonds. The normalized spacial score (nSPS) is 12.7. The molecule has 0 bridgehead atoms. The molecular weight excluding hydrogens is 246 g/mol. The molecule has 0 atom stereocenters. The van der Waals surface area contributed by atoms with Crippen LogP contribution in [0.15, 0.2) is 29.2 Å². The maximum Gasteiger partial charge on any atom is 0.241 e. The van der Waals surface area contributed by atoms with Crippen molar-refractivity contribution in [1.82, 2.24) is 4.72 Å². The Morgan fingerprint density at radius 2 is 1.78 bits per heavy atom. The van der Waals surface area contributed by atoms with Crippen molar-refractivity contribution in [1.29, 1.82) is 0 Å². The van der Waals surface area contributed by atoms with E-state index < -0.39 is 15.6 Å². The lowest BCUT2D eigenvalue weighted by molar-refractivity contribution is 0.491. The number of hydrogen-bond acceptors (Lipinski definition) is 2. The van der Waals surface area contributed by atoms with E-state index in [-0.39, 0.29) is 0 Å². The Morgan fingerprint density at radius 3 is 2.33 bits per heavy atom. The minimum absolute atomic E-state index is 0.411. The molecule has 0 spiro atoms. The molecule has 0 unspecified atom stereocenters. The minimum Gasteiger partial charge on any atom is -0.207 e. The Balaban J connectivity index is 3.08. The fourth-order valence-corrected chi connectivity index (χ4v) is 3.49. The number of benzene rings is 1. The first-order valence-electron chi connectivity index (χ1n) is 6.38. The Kier molecular flexibility index (Phi) is 4.93. The second-order valence-electron chi connectivity index (χ2n) is 5.57. The van der Waals surface area contributed by atoms with Gasteiger partial charge in [-0.3, -0.25) is 0 Å². The van der Waals surface area contributed by atoms with Gasteiger partial charge in [-0.2, -0.15) is 0 Å². The summed E-state index contributed by atoms with van der Waals surface area (Å²) < 4.78 is 27.3. The SMILES string of the molecule is CCCCc1ccccc1S(=O)(=O)NC(C)(C)C. The van der Waals surface area contributed by atoms with E-state index in [2.05, 4.69) is 11.6 Å². The van der Waals surface area contributed by atoms with E-state index >= 15 is 0 Å². The predicted octanol–water partition coefficient (Wildman–Crippen LogP) is 3.11. The van der Waals surface area contributed by atoms with E-state index in [4.69, 9.17) is 0 Å². The largest absolute Gasteiger partial charge is 0.241 e. The molecule has 4 heteroatoms. The molecule has 102 valence electrons. The maximum absolute atomic E-state index is 12.3. The van der Waals surface area contributed by atoms with Gasteiger partial charge in [-0.25, -0.2) is 13.1 Å². The molecule has 18 heavy (non-hydrogen) atoms. The first-order chi connectivity index (χ1) is 8.26. The van der Waals surface area contributed by atoms with Crippen molar-refractivity contribution in [2.75, 3.05) is 0 Å². The molecule has 0 aromatic heterocycles. The molecule has 1 rings (SSSR count). The zero-order chi connectivity index (χ0) is 13.8. The van der Waals surface area contributed by atoms with E-state index in [1.807, 2.05) is 32.9 Å². The third kappa shape index (κ3) is 4.42. The Morgan fingerprint density at radius 1 is 1.17 bits per heavy atom. The molecule has 0 aliphatic heterocycles. The zero-order valence-corrected chi connectivity index (χ0v) is 12.5. The molecule has 0 fully saturated rings. The van der Waals surface area contributed by atoms with Gasteiger partial charge >= 0.3 is 0 Å². The molecule has 1 aromatic rings. The Labute approximate surface area is 111 Å². The average Bonchev–Trinajstić information content (AvgIpc) is 2.23. The van der Waals surface area contributed by atoms with Crippen molar-refractivity contribution in [3.63, 3.8) is 0 Å². The van der Waals surface area contributed by atoms with Crippen LogP contribution in [-0.4, -0.2) is 14.0 Å². The van der Waals surface area contributed by atoms with Crippen LogP contribution in [0.5, 0.6) is 0 Å². The maximum atomic E-state index is 12.3. The van der Waals surface area contributed by atoms with Gasteiger partial charge in [0.15, 0.2) is 0 Å². The summed E-state index contributed by atoms with van der Waals surface area (Å²) in [4.78, 5) is 0.411. The molecule has 0 radical (unpaired) electrons. The summed E-state index contributed by atoms with van der Waals surface area (Å²) in [5, 5.41) is 0. The lowest BCUT2D eigenvalue weighted by Crippen LogP contribution is -2.40. The van der Waals surface area contributed by atoms with Crippen LogP contribution in [0.25, 0.3) is 0 Å². The number of nitrogens with one attached hydrogen (secondary N) is 1. The number of hydrogen-bond donors (Lipinski definition) is 1. The molecular formula is C14H23NO2S. The fourth-order valence-electron chi connectivity index (χ4n) is 1.80. The zero-order valence-electron chi connectivity index (χ0n) is 11.7. The van der Waals surface area contributed by atoms with E-state index in [0.29, 0.717) is 4.90 Å². The van der Waals surface area contributed by atoms with Crippen molar-refractivity contribution in [3.8, 4) is 0 Å². The highest BCUT2D eigenvalue weighted by atomic mass is 32.2. The average molecular weight is 269 g/mol. The van der Waals surface area contributed by atoms with Crippen LogP contribution >= 0.6 is 0 Å². The fraction of sp³-hybridized carbons (Fsp3) is 0.571. The van der Waals surface area contributed by atoms with Gasteiger partial charge in [0, 0.05) is 5.54 Å². The summed E-state index contributed by atoms with van der Waals surface area (Å²) in [5.41, 5.74) is 0.438. The topological polar surface area (TPSA) is 46.2 Å². The van der Waals surface area contributed by atoms with Gasteiger partial charge in [0.1, 0.15) is 0 Å². The summed E-state index contributed by atoms with van der Waals surface area (Å²) in [6, 6.07) is 7.24. The van der Waals surface area contributed by atoms with Crippen LogP contribution in [0.2, 0.25) is 0 Å². The number of sulfonamides is 1. The van der Waals surface area contributed by atoms with E-state index in [1.165, 1.54) is 0 Å². The molecule has 0 aliphatic rings. The first-order valence-corrected chi connectivity index (χ1v) is 7.86. The highest BCUT2D eigenvalue weighted by Crippen LogP contribution is 2.19. The third-order valence-electron chi connectivity index (χ3n) is 2.50. The van der Waals surface area contributed by atoms with E-state index in [0.717, 1.165) is 24.8 Å². The van der Waals surface area contributed by atoms with Crippen LogP contribution in [-0.2, 0) is 16.4 Å². The molecule has 0 saturated heterocycles. The van der Waals surface area contributed by atoms with Gasteiger partial charge in [0.2, 0.25) is 10.0 Å². The van der Waals surface area contributed by atoms with Crippen LogP contribution in [0.3, 0.4) is 0 Å². The van der Waals surface area contributed by atoms with Crippen LogP contribution < -0.4 is 4.72 Å². The molecule has 0 saturated carbocycles. The van der Waals surface area contributed by atoms with Gasteiger partial charge in [0.05, 0.1) is 4.90 Å². The summed E-state index contributed by atoms with van der Waals surface area (Å²) in [7, 11) is -3.43. The highest BCUT2D eigenvalue weighted by Gasteiger charge is 2.23. The monoisotopic (exact) mass is 269 g/mol. The Bertz CT molecular complexity index is 487. The second kappa shape index (κ2) is 5.85. The van der Waals surface area contributed by atoms with Gasteiger partial charge < -0.3 is 0 Å². The number of unbranched alkanes of at least 4 members (excludes halogenated alkanes) is 1. The lowest BCUT2D eigenvalue weighted by atomic mass is 10.1. The summed E-state index contributed by atoms with van der Waals surface area (Å²) in [6.07, 6.45) is 2.86. The van der Waals surface area contributed by atoms with Crippen LogP contribution in [0.4, 0.5) is 0 Å². The van der Waals surface area contributed by atoms with E-state index in [1.54, 1.807) is 12.1 Å². The van der Waals surface area contributed by atoms with Gasteiger partial charge in [-0.15, -0.1) is 0 Å². The lowest BCUT2D eigenvalue weighted by Gasteiger charge is -2.21. The predicted molar refractivity (Wildman–Crippen MR) is 75.1 cm³/mol. The van der Waals surface area contributed by atoms with E-state index in [9.17, 15) is 8.42 Å². The molecule has 1 aromatic carbocycles. The highest BCUT2D eigenvalue weighted by molar-refractivity contribution is 7.89. The number of rotatable bonds is 5. The van der Waals surface area contributed by atoms with Crippen LogP contribution in [0.1, 0.15) is 46.1 Å². The molecule has 0 aliphatic carbocycles. The number of aryl methyl sites for hydroxylation is 1. The standard InChI is InChI=1S/C14H23NO2S/c1-5-6-9-12-10-7-8-11-13(12)18(16,17)15-14(2,3)4/h7-8,10-11,15H,5-6,9H2,1-4H3.